The number of carbonyl (C=O) groups is 2. The van der Waals surface area contributed by atoms with Crippen LogP contribution in [0.2, 0.25) is 0 Å². The van der Waals surface area contributed by atoms with Gasteiger partial charge in [0.15, 0.2) is 23.0 Å². The van der Waals surface area contributed by atoms with Crippen molar-refractivity contribution in [2.45, 2.75) is 6.42 Å². The van der Waals surface area contributed by atoms with Crippen molar-refractivity contribution in [2.75, 3.05) is 51.2 Å². The number of nitro groups is 1. The first kappa shape index (κ1) is 27.2. The molecule has 0 saturated heterocycles. The van der Waals surface area contributed by atoms with Gasteiger partial charge in [0.1, 0.15) is 13.2 Å². The molecule has 1 aliphatic heterocycles. The highest BCUT2D eigenvalue weighted by Gasteiger charge is 2.20. The van der Waals surface area contributed by atoms with Gasteiger partial charge in [-0.25, -0.2) is 0 Å². The number of hydrogen-bond acceptors (Lipinski definition) is 9. The van der Waals surface area contributed by atoms with E-state index in [-0.39, 0.29) is 23.5 Å². The third-order valence-electron chi connectivity index (χ3n) is 5.86. The number of nitrogens with one attached hydrogen (secondary N) is 3. The van der Waals surface area contributed by atoms with Crippen molar-refractivity contribution < 1.29 is 33.5 Å². The Hall–Kier alpha value is -4.84. The van der Waals surface area contributed by atoms with Crippen LogP contribution >= 0.6 is 0 Å². The van der Waals surface area contributed by atoms with E-state index in [9.17, 15) is 19.7 Å². The fourth-order valence-corrected chi connectivity index (χ4v) is 3.93. The Morgan fingerprint density at radius 2 is 1.69 bits per heavy atom. The zero-order valence-electron chi connectivity index (χ0n) is 21.4. The number of methoxy groups -OCH3 is 2. The maximum absolute atomic E-state index is 13.1. The number of ether oxygens (including phenoxy) is 4. The van der Waals surface area contributed by atoms with E-state index >= 15 is 0 Å². The number of rotatable bonds is 11. The molecule has 0 aliphatic carbocycles. The van der Waals surface area contributed by atoms with Gasteiger partial charge >= 0.3 is 0 Å². The summed E-state index contributed by atoms with van der Waals surface area (Å²) in [7, 11) is 3.13. The van der Waals surface area contributed by atoms with Crippen molar-refractivity contribution in [2.24, 2.45) is 0 Å². The zero-order valence-corrected chi connectivity index (χ0v) is 21.4. The standard InChI is InChI=1S/C27H28N4O8/c1-36-22-7-3-17(13-24(22)37-2)9-10-28-16-26(32)30-21-6-5-19(31(34)35)15-20(21)27(33)29-18-4-8-23-25(14-18)39-12-11-38-23/h3-8,13-15,28H,9-12,16H2,1-2H3,(H,29,33)(H,30,32). The van der Waals surface area contributed by atoms with Gasteiger partial charge in [0, 0.05) is 23.9 Å². The number of hydrogen-bond donors (Lipinski definition) is 3. The highest BCUT2D eigenvalue weighted by atomic mass is 16.6. The highest BCUT2D eigenvalue weighted by Crippen LogP contribution is 2.33. The minimum absolute atomic E-state index is 0.0342. The summed E-state index contributed by atoms with van der Waals surface area (Å²) in [6.07, 6.45) is 0.633. The molecule has 39 heavy (non-hydrogen) atoms. The van der Waals surface area contributed by atoms with Crippen LogP contribution in [0, 0.1) is 10.1 Å². The van der Waals surface area contributed by atoms with Crippen molar-refractivity contribution in [3.05, 3.63) is 75.8 Å². The molecule has 1 aliphatic rings. The molecule has 0 atom stereocenters. The fraction of sp³-hybridized carbons (Fsp3) is 0.259. The highest BCUT2D eigenvalue weighted by molar-refractivity contribution is 6.10. The Balaban J connectivity index is 1.38. The number of nitro benzene ring substituents is 1. The van der Waals surface area contributed by atoms with Gasteiger partial charge in [-0.05, 0) is 48.9 Å². The number of non-ortho nitro benzene ring substituents is 1. The number of carbonyl (C=O) groups excluding carboxylic acids is 2. The van der Waals surface area contributed by atoms with Crippen LogP contribution in [0.1, 0.15) is 15.9 Å². The van der Waals surface area contributed by atoms with Crippen LogP contribution in [0.25, 0.3) is 0 Å². The number of amides is 2. The SMILES string of the molecule is COc1ccc(CCNCC(=O)Nc2ccc([N+](=O)[O-])cc2C(=O)Nc2ccc3c(c2)OCCO3)cc1OC. The van der Waals surface area contributed by atoms with Crippen LogP contribution in [0.3, 0.4) is 0 Å². The Kier molecular flexibility index (Phi) is 8.79. The summed E-state index contributed by atoms with van der Waals surface area (Å²) in [4.78, 5) is 36.4. The van der Waals surface area contributed by atoms with E-state index in [1.807, 2.05) is 18.2 Å². The van der Waals surface area contributed by atoms with Crippen molar-refractivity contribution in [3.8, 4) is 23.0 Å². The molecule has 0 fully saturated rings. The molecule has 0 unspecified atom stereocenters. The molecule has 3 N–H and O–H groups in total. The summed E-state index contributed by atoms with van der Waals surface area (Å²) in [6.45, 7) is 1.28. The van der Waals surface area contributed by atoms with Gasteiger partial charge in [0.2, 0.25) is 5.91 Å². The molecule has 12 heteroatoms. The van der Waals surface area contributed by atoms with Crippen molar-refractivity contribution in [1.82, 2.24) is 5.32 Å². The molecule has 2 amide bonds. The number of anilines is 2. The number of fused-ring (bicyclic) bond motifs is 1. The van der Waals surface area contributed by atoms with Crippen molar-refractivity contribution >= 4 is 28.9 Å². The molecule has 4 rings (SSSR count). The first-order valence-electron chi connectivity index (χ1n) is 12.1. The van der Waals surface area contributed by atoms with Crippen molar-refractivity contribution in [3.63, 3.8) is 0 Å². The molecule has 0 aromatic heterocycles. The molecule has 0 bridgehead atoms. The Labute approximate surface area is 224 Å². The second-order valence-corrected chi connectivity index (χ2v) is 8.46. The quantitative estimate of drug-likeness (QED) is 0.190. The average Bonchev–Trinajstić information content (AvgIpc) is 2.95. The van der Waals surface area contributed by atoms with E-state index in [2.05, 4.69) is 16.0 Å². The molecule has 0 radical (unpaired) electrons. The normalized spacial score (nSPS) is 11.8. The molecule has 204 valence electrons. The predicted octanol–water partition coefficient (Wildman–Crippen LogP) is 3.41. The Morgan fingerprint density at radius 1 is 0.923 bits per heavy atom. The molecule has 1 heterocycles. The maximum Gasteiger partial charge on any atom is 0.270 e. The minimum atomic E-state index is -0.632. The van der Waals surface area contributed by atoms with Crippen LogP contribution in [0.4, 0.5) is 17.1 Å². The van der Waals surface area contributed by atoms with Crippen LogP contribution in [-0.4, -0.2) is 57.3 Å². The molecular formula is C27H28N4O8. The molecular weight excluding hydrogens is 508 g/mol. The van der Waals surface area contributed by atoms with E-state index in [1.165, 1.54) is 12.1 Å². The average molecular weight is 537 g/mol. The molecule has 12 nitrogen and oxygen atoms in total. The lowest BCUT2D eigenvalue weighted by Gasteiger charge is -2.19. The van der Waals surface area contributed by atoms with Crippen LogP contribution in [0.5, 0.6) is 23.0 Å². The Bertz CT molecular complexity index is 1380. The first-order chi connectivity index (χ1) is 18.9. The van der Waals surface area contributed by atoms with Gasteiger partial charge in [-0.15, -0.1) is 0 Å². The van der Waals surface area contributed by atoms with E-state index in [0.29, 0.717) is 54.9 Å². The van der Waals surface area contributed by atoms with Gasteiger partial charge < -0.3 is 34.9 Å². The minimum Gasteiger partial charge on any atom is -0.493 e. The van der Waals surface area contributed by atoms with Crippen molar-refractivity contribution in [1.29, 1.82) is 0 Å². The molecule has 3 aromatic carbocycles. The summed E-state index contributed by atoms with van der Waals surface area (Å²) >= 11 is 0. The zero-order chi connectivity index (χ0) is 27.8. The van der Waals surface area contributed by atoms with E-state index < -0.39 is 16.7 Å². The van der Waals surface area contributed by atoms with Crippen LogP contribution < -0.4 is 34.9 Å². The predicted molar refractivity (Wildman–Crippen MR) is 143 cm³/mol. The molecule has 0 spiro atoms. The summed E-state index contributed by atoms with van der Waals surface area (Å²) in [5.74, 6) is 1.24. The monoisotopic (exact) mass is 536 g/mol. The summed E-state index contributed by atoms with van der Waals surface area (Å²) in [5, 5.41) is 19.7. The second-order valence-electron chi connectivity index (χ2n) is 8.46. The lowest BCUT2D eigenvalue weighted by molar-refractivity contribution is -0.384. The lowest BCUT2D eigenvalue weighted by Crippen LogP contribution is -2.30. The van der Waals surface area contributed by atoms with E-state index in [0.717, 1.165) is 11.6 Å². The van der Waals surface area contributed by atoms with Crippen LogP contribution in [0.15, 0.2) is 54.6 Å². The molecule has 3 aromatic rings. The van der Waals surface area contributed by atoms with Gasteiger partial charge in [-0.2, -0.15) is 0 Å². The van der Waals surface area contributed by atoms with Gasteiger partial charge in [0.05, 0.1) is 36.9 Å². The summed E-state index contributed by atoms with van der Waals surface area (Å²) < 4.78 is 21.6. The van der Waals surface area contributed by atoms with E-state index in [1.54, 1.807) is 32.4 Å². The maximum atomic E-state index is 13.1. The fourth-order valence-electron chi connectivity index (χ4n) is 3.93. The van der Waals surface area contributed by atoms with Gasteiger partial charge in [-0.3, -0.25) is 19.7 Å². The first-order valence-corrected chi connectivity index (χ1v) is 12.1. The number of benzene rings is 3. The van der Waals surface area contributed by atoms with Gasteiger partial charge in [0.25, 0.3) is 11.6 Å². The summed E-state index contributed by atoms with van der Waals surface area (Å²) in [6, 6.07) is 14.2. The number of nitrogens with zero attached hydrogens (tertiary/aromatic N) is 1. The topological polar surface area (TPSA) is 150 Å². The largest absolute Gasteiger partial charge is 0.493 e. The third kappa shape index (κ3) is 6.93. The van der Waals surface area contributed by atoms with E-state index in [4.69, 9.17) is 18.9 Å². The summed E-state index contributed by atoms with van der Waals surface area (Å²) in [5.41, 5.74) is 1.20. The Morgan fingerprint density at radius 3 is 2.44 bits per heavy atom. The third-order valence-corrected chi connectivity index (χ3v) is 5.86. The van der Waals surface area contributed by atoms with Gasteiger partial charge in [-0.1, -0.05) is 6.07 Å². The van der Waals surface area contributed by atoms with Crippen LogP contribution in [-0.2, 0) is 11.2 Å². The lowest BCUT2D eigenvalue weighted by atomic mass is 10.1. The smallest absolute Gasteiger partial charge is 0.270 e. The second kappa shape index (κ2) is 12.6. The molecule has 0 saturated carbocycles.